The number of pyridine rings is 1. The Morgan fingerprint density at radius 2 is 1.85 bits per heavy atom. The molecule has 2 aromatic rings. The molecule has 0 radical (unpaired) electrons. The Morgan fingerprint density at radius 1 is 1.10 bits per heavy atom. The van der Waals surface area contributed by atoms with Gasteiger partial charge in [0, 0.05) is 56.6 Å². The number of nitrogens with two attached hydrogens (primary N) is 1. The molecular weight excluding hydrogens is 507 g/mol. The highest BCUT2D eigenvalue weighted by molar-refractivity contribution is 5.91. The Bertz CT molecular complexity index is 1210. The average molecular weight is 541 g/mol. The molecule has 3 aliphatic rings. The third-order valence-corrected chi connectivity index (χ3v) is 7.58. The molecule has 5 rings (SSSR count). The number of carbonyl (C=O) groups is 3. The molecule has 1 aromatic heterocycles. The molecule has 1 unspecified atom stereocenters. The van der Waals surface area contributed by atoms with E-state index in [4.69, 9.17) is 15.2 Å². The van der Waals surface area contributed by atoms with Crippen LogP contribution in [-0.4, -0.2) is 104 Å². The Balaban J connectivity index is 1.18. The van der Waals surface area contributed by atoms with Crippen LogP contribution in [0.15, 0.2) is 36.5 Å². The van der Waals surface area contributed by atoms with Gasteiger partial charge in [-0.05, 0) is 37.3 Å². The highest BCUT2D eigenvalue weighted by Gasteiger charge is 2.38. The highest BCUT2D eigenvalue weighted by atomic mass is 19.1. The maximum atomic E-state index is 15.1. The van der Waals surface area contributed by atoms with Gasteiger partial charge >= 0.3 is 6.09 Å². The van der Waals surface area contributed by atoms with E-state index in [0.717, 1.165) is 18.9 Å². The van der Waals surface area contributed by atoms with E-state index >= 15 is 4.39 Å². The number of hydrogen-bond acceptors (Lipinski definition) is 8. The van der Waals surface area contributed by atoms with E-state index in [-0.39, 0.29) is 12.5 Å². The third-order valence-electron chi connectivity index (χ3n) is 7.58. The molecule has 3 saturated heterocycles. The number of primary amides is 1. The van der Waals surface area contributed by atoms with Gasteiger partial charge in [0.25, 0.3) is 0 Å². The summed E-state index contributed by atoms with van der Waals surface area (Å²) in [6.45, 7) is 7.63. The fourth-order valence-corrected chi connectivity index (χ4v) is 5.01. The van der Waals surface area contributed by atoms with Crippen LogP contribution in [0, 0.1) is 11.7 Å². The molecule has 0 aliphatic carbocycles. The first kappa shape index (κ1) is 26.8. The zero-order chi connectivity index (χ0) is 27.5. The van der Waals surface area contributed by atoms with Gasteiger partial charge in [0.05, 0.1) is 37.9 Å². The SMILES string of the molecule is C[C@H](C(N)=O)C1CN(c2ccc(-c3ccc(N4CCN(C(=O)CN5CCOCC5)CC4)nc3)c(F)c2)C(=O)O1. The summed E-state index contributed by atoms with van der Waals surface area (Å²) in [6, 6.07) is 8.16. The Morgan fingerprint density at radius 3 is 2.49 bits per heavy atom. The Labute approximate surface area is 226 Å². The van der Waals surface area contributed by atoms with Gasteiger partial charge in [0.1, 0.15) is 17.7 Å². The number of rotatable bonds is 7. The van der Waals surface area contributed by atoms with E-state index in [1.165, 1.54) is 11.0 Å². The van der Waals surface area contributed by atoms with Gasteiger partial charge < -0.3 is 25.0 Å². The lowest BCUT2D eigenvalue weighted by Crippen LogP contribution is -2.52. The molecule has 4 heterocycles. The largest absolute Gasteiger partial charge is 0.443 e. The number of nitrogens with zero attached hydrogens (tertiary/aromatic N) is 5. The predicted octanol–water partition coefficient (Wildman–Crippen LogP) is 1.32. The van der Waals surface area contributed by atoms with Crippen LogP contribution in [0.25, 0.3) is 11.1 Å². The lowest BCUT2D eigenvalue weighted by molar-refractivity contribution is -0.133. The second-order valence-electron chi connectivity index (χ2n) is 10.0. The lowest BCUT2D eigenvalue weighted by atomic mass is 10.0. The molecule has 2 atom stereocenters. The lowest BCUT2D eigenvalue weighted by Gasteiger charge is -2.36. The predicted molar refractivity (Wildman–Crippen MR) is 142 cm³/mol. The molecular formula is C27H33FN6O5. The topological polar surface area (TPSA) is 122 Å². The fraction of sp³-hybridized carbons (Fsp3) is 0.481. The number of piperazine rings is 1. The van der Waals surface area contributed by atoms with Crippen molar-refractivity contribution in [2.75, 3.05) is 75.4 Å². The molecule has 208 valence electrons. The van der Waals surface area contributed by atoms with Crippen LogP contribution in [0.2, 0.25) is 0 Å². The first-order valence-corrected chi connectivity index (χ1v) is 13.2. The second kappa shape index (κ2) is 11.5. The number of ether oxygens (including phenoxy) is 2. The van der Waals surface area contributed by atoms with Crippen molar-refractivity contribution in [3.63, 3.8) is 0 Å². The van der Waals surface area contributed by atoms with Crippen LogP contribution in [0.5, 0.6) is 0 Å². The number of amides is 3. The third kappa shape index (κ3) is 5.96. The monoisotopic (exact) mass is 540 g/mol. The smallest absolute Gasteiger partial charge is 0.414 e. The molecule has 2 N–H and O–H groups in total. The van der Waals surface area contributed by atoms with Crippen LogP contribution >= 0.6 is 0 Å². The molecule has 12 heteroatoms. The standard InChI is InChI=1S/C27H33FN6O5/c1-18(26(29)36)23-16-34(27(37)39-23)20-3-4-21(22(28)14-20)19-2-5-24(30-15-19)32-6-8-33(9-7-32)25(35)17-31-10-12-38-13-11-31/h2-5,14-15,18,23H,6-13,16-17H2,1H3,(H2,29,36)/t18-,23?/m0/s1. The molecule has 3 amide bonds. The van der Waals surface area contributed by atoms with Crippen LogP contribution in [0.4, 0.5) is 20.7 Å². The van der Waals surface area contributed by atoms with Crippen molar-refractivity contribution in [1.82, 2.24) is 14.8 Å². The van der Waals surface area contributed by atoms with Crippen molar-refractivity contribution in [2.24, 2.45) is 11.7 Å². The number of halogens is 1. The minimum Gasteiger partial charge on any atom is -0.443 e. The van der Waals surface area contributed by atoms with E-state index < -0.39 is 29.8 Å². The summed E-state index contributed by atoms with van der Waals surface area (Å²) >= 11 is 0. The van der Waals surface area contributed by atoms with Gasteiger partial charge in [-0.25, -0.2) is 14.2 Å². The van der Waals surface area contributed by atoms with Crippen LogP contribution in [0.1, 0.15) is 6.92 Å². The molecule has 3 fully saturated rings. The van der Waals surface area contributed by atoms with Crippen molar-refractivity contribution in [1.29, 1.82) is 0 Å². The molecule has 0 spiro atoms. The highest BCUT2D eigenvalue weighted by Crippen LogP contribution is 2.30. The van der Waals surface area contributed by atoms with Crippen LogP contribution < -0.4 is 15.5 Å². The quantitative estimate of drug-likeness (QED) is 0.558. The number of cyclic esters (lactones) is 1. The van der Waals surface area contributed by atoms with E-state index in [9.17, 15) is 14.4 Å². The Kier molecular flexibility index (Phi) is 7.94. The summed E-state index contributed by atoms with van der Waals surface area (Å²) < 4.78 is 25.7. The minimum atomic E-state index is -0.681. The summed E-state index contributed by atoms with van der Waals surface area (Å²) in [5.41, 5.74) is 6.62. The fourth-order valence-electron chi connectivity index (χ4n) is 5.01. The van der Waals surface area contributed by atoms with Crippen molar-refractivity contribution < 1.29 is 28.2 Å². The summed E-state index contributed by atoms with van der Waals surface area (Å²) in [6.07, 6.45) is 0.298. The summed E-state index contributed by atoms with van der Waals surface area (Å²) in [5.74, 6) is -0.810. The van der Waals surface area contributed by atoms with Gasteiger partial charge in [0.2, 0.25) is 11.8 Å². The first-order chi connectivity index (χ1) is 18.8. The first-order valence-electron chi connectivity index (χ1n) is 13.2. The zero-order valence-electron chi connectivity index (χ0n) is 21.9. The number of benzene rings is 1. The maximum Gasteiger partial charge on any atom is 0.414 e. The zero-order valence-corrected chi connectivity index (χ0v) is 21.9. The van der Waals surface area contributed by atoms with Crippen molar-refractivity contribution in [3.8, 4) is 11.1 Å². The van der Waals surface area contributed by atoms with E-state index in [1.54, 1.807) is 25.3 Å². The molecule has 0 saturated carbocycles. The minimum absolute atomic E-state index is 0.115. The summed E-state index contributed by atoms with van der Waals surface area (Å²) in [4.78, 5) is 48.4. The van der Waals surface area contributed by atoms with Gasteiger partial charge in [-0.1, -0.05) is 0 Å². The van der Waals surface area contributed by atoms with Crippen LogP contribution in [0.3, 0.4) is 0 Å². The normalized spacial score (nSPS) is 21.1. The molecule has 0 bridgehead atoms. The van der Waals surface area contributed by atoms with Gasteiger partial charge in [-0.3, -0.25) is 19.4 Å². The molecule has 11 nitrogen and oxygen atoms in total. The van der Waals surface area contributed by atoms with E-state index in [2.05, 4.69) is 14.8 Å². The summed E-state index contributed by atoms with van der Waals surface area (Å²) in [5, 5.41) is 0. The number of aromatic nitrogens is 1. The van der Waals surface area contributed by atoms with Gasteiger partial charge in [-0.15, -0.1) is 0 Å². The maximum absolute atomic E-state index is 15.1. The number of anilines is 2. The number of hydrogen-bond donors (Lipinski definition) is 1. The number of morpholine rings is 1. The second-order valence-corrected chi connectivity index (χ2v) is 10.0. The van der Waals surface area contributed by atoms with E-state index in [1.807, 2.05) is 17.0 Å². The van der Waals surface area contributed by atoms with Gasteiger partial charge in [0.15, 0.2) is 0 Å². The number of carbonyl (C=O) groups excluding carboxylic acids is 3. The molecule has 39 heavy (non-hydrogen) atoms. The van der Waals surface area contributed by atoms with Crippen molar-refractivity contribution in [2.45, 2.75) is 13.0 Å². The molecule has 3 aliphatic heterocycles. The Hall–Kier alpha value is -3.77. The molecule has 1 aromatic carbocycles. The van der Waals surface area contributed by atoms with E-state index in [0.29, 0.717) is 62.8 Å². The summed E-state index contributed by atoms with van der Waals surface area (Å²) in [7, 11) is 0. The average Bonchev–Trinajstić information content (AvgIpc) is 3.34. The van der Waals surface area contributed by atoms with Crippen LogP contribution in [-0.2, 0) is 19.1 Å². The van der Waals surface area contributed by atoms with Crippen molar-refractivity contribution in [3.05, 3.63) is 42.3 Å². The van der Waals surface area contributed by atoms with Gasteiger partial charge in [-0.2, -0.15) is 0 Å². The van der Waals surface area contributed by atoms with Crippen molar-refractivity contribution >= 4 is 29.4 Å².